The molecule has 6 heteroatoms. The lowest BCUT2D eigenvalue weighted by atomic mass is 9.86. The molecule has 1 heterocycles. The zero-order valence-electron chi connectivity index (χ0n) is 12.0. The van der Waals surface area contributed by atoms with Crippen LogP contribution in [0.1, 0.15) is 25.7 Å². The van der Waals surface area contributed by atoms with Crippen LogP contribution in [0.5, 0.6) is 5.75 Å². The Hall–Kier alpha value is -2.24. The number of primary amides is 1. The van der Waals surface area contributed by atoms with Crippen LogP contribution >= 0.6 is 0 Å². The Morgan fingerprint density at radius 1 is 1.38 bits per heavy atom. The summed E-state index contributed by atoms with van der Waals surface area (Å²) in [4.78, 5) is 15.6. The molecule has 2 aromatic rings. The summed E-state index contributed by atoms with van der Waals surface area (Å²) in [6.07, 6.45) is 3.44. The van der Waals surface area contributed by atoms with Gasteiger partial charge in [0.1, 0.15) is 11.3 Å². The average molecular weight is 289 g/mol. The van der Waals surface area contributed by atoms with Gasteiger partial charge in [-0.15, -0.1) is 0 Å². The van der Waals surface area contributed by atoms with Crippen LogP contribution in [0.2, 0.25) is 0 Å². The monoisotopic (exact) mass is 289 g/mol. The fourth-order valence-electron chi connectivity index (χ4n) is 2.79. The second-order valence-electron chi connectivity index (χ2n) is 5.45. The highest BCUT2D eigenvalue weighted by Gasteiger charge is 2.25. The largest absolute Gasteiger partial charge is 0.497 e. The van der Waals surface area contributed by atoms with Crippen molar-refractivity contribution in [2.75, 3.05) is 12.4 Å². The maximum atomic E-state index is 11.2. The number of carbonyl (C=O) groups excluding carboxylic acids is 1. The summed E-state index contributed by atoms with van der Waals surface area (Å²) in [6, 6.07) is 6.33. The number of fused-ring (bicyclic) bond motifs is 1. The molecule has 6 nitrogen and oxygen atoms in total. The van der Waals surface area contributed by atoms with Crippen LogP contribution in [0.15, 0.2) is 22.6 Å². The number of methoxy groups -OCH3 is 1. The van der Waals surface area contributed by atoms with E-state index in [1.807, 2.05) is 18.2 Å². The van der Waals surface area contributed by atoms with E-state index >= 15 is 0 Å². The van der Waals surface area contributed by atoms with Crippen molar-refractivity contribution in [3.63, 3.8) is 0 Å². The van der Waals surface area contributed by atoms with E-state index in [0.717, 1.165) is 36.9 Å². The fourth-order valence-corrected chi connectivity index (χ4v) is 2.79. The average Bonchev–Trinajstić information content (AvgIpc) is 2.88. The normalized spacial score (nSPS) is 22.1. The van der Waals surface area contributed by atoms with E-state index in [1.165, 1.54) is 0 Å². The lowest BCUT2D eigenvalue weighted by Crippen LogP contribution is -2.32. The Kier molecular flexibility index (Phi) is 3.68. The van der Waals surface area contributed by atoms with Gasteiger partial charge in [-0.2, -0.15) is 4.98 Å². The molecule has 0 aliphatic heterocycles. The molecule has 112 valence electrons. The van der Waals surface area contributed by atoms with Gasteiger partial charge in [-0.05, 0) is 37.8 Å². The van der Waals surface area contributed by atoms with Crippen molar-refractivity contribution in [1.29, 1.82) is 0 Å². The van der Waals surface area contributed by atoms with Crippen LogP contribution < -0.4 is 15.8 Å². The predicted octanol–water partition coefficient (Wildman–Crippen LogP) is 2.29. The first-order valence-electron chi connectivity index (χ1n) is 7.16. The minimum Gasteiger partial charge on any atom is -0.497 e. The number of nitrogens with one attached hydrogen (secondary N) is 1. The number of nitrogens with zero attached hydrogens (tertiary/aromatic N) is 1. The Morgan fingerprint density at radius 3 is 2.81 bits per heavy atom. The lowest BCUT2D eigenvalue weighted by Gasteiger charge is -2.26. The number of amides is 1. The van der Waals surface area contributed by atoms with E-state index in [1.54, 1.807) is 7.11 Å². The minimum atomic E-state index is -0.192. The molecule has 0 unspecified atom stereocenters. The van der Waals surface area contributed by atoms with Crippen LogP contribution in [-0.2, 0) is 4.79 Å². The highest BCUT2D eigenvalue weighted by Crippen LogP contribution is 2.28. The van der Waals surface area contributed by atoms with Crippen LogP contribution in [0.3, 0.4) is 0 Å². The highest BCUT2D eigenvalue weighted by molar-refractivity contribution is 5.77. The van der Waals surface area contributed by atoms with E-state index < -0.39 is 0 Å². The summed E-state index contributed by atoms with van der Waals surface area (Å²) in [5, 5.41) is 3.30. The van der Waals surface area contributed by atoms with E-state index in [2.05, 4.69) is 10.3 Å². The van der Waals surface area contributed by atoms with Gasteiger partial charge in [0.2, 0.25) is 5.91 Å². The van der Waals surface area contributed by atoms with Crippen molar-refractivity contribution in [2.45, 2.75) is 31.7 Å². The number of rotatable bonds is 4. The fraction of sp³-hybridized carbons (Fsp3) is 0.467. The maximum Gasteiger partial charge on any atom is 0.295 e. The molecule has 1 aromatic heterocycles. The van der Waals surface area contributed by atoms with Crippen molar-refractivity contribution in [3.05, 3.63) is 18.2 Å². The van der Waals surface area contributed by atoms with Crippen molar-refractivity contribution in [2.24, 2.45) is 11.7 Å². The van der Waals surface area contributed by atoms with Gasteiger partial charge in [0, 0.05) is 18.0 Å². The number of hydrogen-bond donors (Lipinski definition) is 2. The molecule has 1 aromatic carbocycles. The molecule has 1 fully saturated rings. The van der Waals surface area contributed by atoms with Crippen molar-refractivity contribution in [3.8, 4) is 5.75 Å². The number of nitrogens with two attached hydrogens (primary N) is 1. The third-order valence-corrected chi connectivity index (χ3v) is 4.05. The first kappa shape index (κ1) is 13.7. The van der Waals surface area contributed by atoms with Gasteiger partial charge in [-0.25, -0.2) is 0 Å². The van der Waals surface area contributed by atoms with E-state index in [4.69, 9.17) is 14.9 Å². The van der Waals surface area contributed by atoms with Crippen LogP contribution in [0, 0.1) is 5.92 Å². The molecule has 0 bridgehead atoms. The predicted molar refractivity (Wildman–Crippen MR) is 79.1 cm³/mol. The smallest absolute Gasteiger partial charge is 0.295 e. The second kappa shape index (κ2) is 5.63. The Morgan fingerprint density at radius 2 is 2.14 bits per heavy atom. The number of ether oxygens (including phenoxy) is 1. The molecule has 1 aliphatic rings. The number of oxazole rings is 1. The van der Waals surface area contributed by atoms with Crippen molar-refractivity contribution < 1.29 is 13.9 Å². The SMILES string of the molecule is COc1ccc2nc(N[C@H]3CC[C@H](C(N)=O)CC3)oc2c1. The molecule has 0 spiro atoms. The Labute approximate surface area is 122 Å². The summed E-state index contributed by atoms with van der Waals surface area (Å²) in [5.41, 5.74) is 6.83. The molecule has 0 atom stereocenters. The third kappa shape index (κ3) is 2.94. The second-order valence-corrected chi connectivity index (χ2v) is 5.45. The molecule has 21 heavy (non-hydrogen) atoms. The number of aromatic nitrogens is 1. The Balaban J connectivity index is 1.67. The summed E-state index contributed by atoms with van der Waals surface area (Å²) in [5.74, 6) is 0.561. The summed E-state index contributed by atoms with van der Waals surface area (Å²) < 4.78 is 10.9. The summed E-state index contributed by atoms with van der Waals surface area (Å²) in [6.45, 7) is 0. The molecule has 3 N–H and O–H groups in total. The van der Waals surface area contributed by atoms with E-state index in [-0.39, 0.29) is 17.9 Å². The third-order valence-electron chi connectivity index (χ3n) is 4.05. The molecular formula is C15H19N3O3. The zero-order chi connectivity index (χ0) is 14.8. The molecule has 1 amide bonds. The van der Waals surface area contributed by atoms with Gasteiger partial charge in [-0.3, -0.25) is 4.79 Å². The number of hydrogen-bond acceptors (Lipinski definition) is 5. The quantitative estimate of drug-likeness (QED) is 0.901. The van der Waals surface area contributed by atoms with Gasteiger partial charge < -0.3 is 20.2 Å². The topological polar surface area (TPSA) is 90.4 Å². The van der Waals surface area contributed by atoms with Crippen molar-refractivity contribution in [1.82, 2.24) is 4.98 Å². The van der Waals surface area contributed by atoms with Gasteiger partial charge in [0.05, 0.1) is 7.11 Å². The molecule has 1 saturated carbocycles. The summed E-state index contributed by atoms with van der Waals surface area (Å²) in [7, 11) is 1.62. The van der Waals surface area contributed by atoms with Gasteiger partial charge in [-0.1, -0.05) is 0 Å². The Bertz CT molecular complexity index is 645. The molecule has 3 rings (SSSR count). The maximum absolute atomic E-state index is 11.2. The van der Waals surface area contributed by atoms with Gasteiger partial charge >= 0.3 is 0 Å². The van der Waals surface area contributed by atoms with Crippen LogP contribution in [-0.4, -0.2) is 24.0 Å². The van der Waals surface area contributed by atoms with Crippen LogP contribution in [0.25, 0.3) is 11.1 Å². The molecule has 1 aliphatic carbocycles. The molecular weight excluding hydrogens is 270 g/mol. The van der Waals surface area contributed by atoms with E-state index in [9.17, 15) is 4.79 Å². The first-order chi connectivity index (χ1) is 10.2. The first-order valence-corrected chi connectivity index (χ1v) is 7.16. The number of benzene rings is 1. The van der Waals surface area contributed by atoms with Crippen molar-refractivity contribution >= 4 is 23.0 Å². The van der Waals surface area contributed by atoms with Gasteiger partial charge in [0.15, 0.2) is 5.58 Å². The number of anilines is 1. The van der Waals surface area contributed by atoms with Crippen LogP contribution in [0.4, 0.5) is 6.01 Å². The standard InChI is InChI=1S/C15H19N3O3/c1-20-11-6-7-12-13(8-11)21-15(18-12)17-10-4-2-9(3-5-10)14(16)19/h6-10H,2-5H2,1H3,(H2,16,19)(H,17,18)/t9-,10-. The number of carbonyl (C=O) groups is 1. The van der Waals surface area contributed by atoms with Gasteiger partial charge in [0.25, 0.3) is 6.01 Å². The highest BCUT2D eigenvalue weighted by atomic mass is 16.5. The molecule has 0 radical (unpaired) electrons. The van der Waals surface area contributed by atoms with E-state index in [0.29, 0.717) is 11.6 Å². The molecule has 0 saturated heterocycles. The zero-order valence-corrected chi connectivity index (χ0v) is 12.0. The lowest BCUT2D eigenvalue weighted by molar-refractivity contribution is -0.122. The summed E-state index contributed by atoms with van der Waals surface area (Å²) >= 11 is 0. The minimum absolute atomic E-state index is 0.0101.